The minimum atomic E-state index is -1.03. The summed E-state index contributed by atoms with van der Waals surface area (Å²) in [5, 5.41) is 28.0. The second-order valence-corrected chi connectivity index (χ2v) is 11.0. The van der Waals surface area contributed by atoms with Crippen LogP contribution in [0.3, 0.4) is 0 Å². The third-order valence-corrected chi connectivity index (χ3v) is 8.42. The molecule has 5 rings (SSSR count). The van der Waals surface area contributed by atoms with Crippen LogP contribution in [0.2, 0.25) is 0 Å². The Labute approximate surface area is 230 Å². The number of aromatic carboxylic acids is 1. The summed E-state index contributed by atoms with van der Waals surface area (Å²) in [7, 11) is 0. The fourth-order valence-corrected chi connectivity index (χ4v) is 6.35. The van der Waals surface area contributed by atoms with Crippen LogP contribution in [0.1, 0.15) is 41.9 Å². The van der Waals surface area contributed by atoms with E-state index >= 15 is 0 Å². The maximum Gasteiger partial charge on any atom is 0.336 e. The zero-order chi connectivity index (χ0) is 27.5. The molecule has 0 bridgehead atoms. The number of nitrogens with one attached hydrogen (secondary N) is 1. The van der Waals surface area contributed by atoms with Gasteiger partial charge in [0.05, 0.1) is 17.5 Å². The number of carboxylic acid groups (broad SMARTS) is 1. The lowest BCUT2D eigenvalue weighted by atomic mass is 10.0. The first kappa shape index (κ1) is 26.6. The molecular weight excluding hydrogens is 548 g/mol. The number of aromatic nitrogens is 3. The molecule has 1 unspecified atom stereocenters. The van der Waals surface area contributed by atoms with Crippen LogP contribution in [-0.4, -0.2) is 77.6 Å². The van der Waals surface area contributed by atoms with Crippen molar-refractivity contribution in [3.8, 4) is 0 Å². The molecule has 1 aliphatic carbocycles. The second-order valence-electron chi connectivity index (χ2n) is 9.07. The average Bonchev–Trinajstić information content (AvgIpc) is 3.60. The minimum absolute atomic E-state index is 0.0224. The topological polar surface area (TPSA) is 197 Å². The van der Waals surface area contributed by atoms with Gasteiger partial charge < -0.3 is 26.2 Å². The maximum absolute atomic E-state index is 13.2. The fraction of sp³-hybridized carbons (Fsp3) is 0.391. The van der Waals surface area contributed by atoms with Crippen LogP contribution in [0.4, 0.5) is 5.13 Å². The molecule has 2 atom stereocenters. The van der Waals surface area contributed by atoms with E-state index in [0.29, 0.717) is 18.0 Å². The molecule has 2 aromatic heterocycles. The normalized spacial score (nSPS) is 21.7. The number of thioether (sulfide) groups is 1. The van der Waals surface area contributed by atoms with Crippen molar-refractivity contribution in [1.29, 1.82) is 0 Å². The molecule has 204 valence electrons. The maximum atomic E-state index is 13.2. The number of hydrogen-bond donors (Lipinski definition) is 4. The number of nitrogen functional groups attached to an aromatic ring is 1. The first-order valence-corrected chi connectivity index (χ1v) is 13.9. The van der Waals surface area contributed by atoms with E-state index in [1.165, 1.54) is 35.0 Å². The summed E-state index contributed by atoms with van der Waals surface area (Å²) in [6, 6.07) is 2.09. The number of anilines is 1. The number of carboxylic acids is 1. The molecule has 1 saturated carbocycles. The van der Waals surface area contributed by atoms with Gasteiger partial charge in [-0.3, -0.25) is 14.5 Å². The number of carbonyl (C=O) groups excluding carboxylic acids is 2. The number of rotatable bonds is 9. The molecule has 1 saturated heterocycles. The number of allylic oxidation sites excluding steroid dienone is 1. The van der Waals surface area contributed by atoms with Gasteiger partial charge in [0, 0.05) is 35.0 Å². The predicted octanol–water partition coefficient (Wildman–Crippen LogP) is 0.584. The summed E-state index contributed by atoms with van der Waals surface area (Å²) in [5.74, 6) is -1.58. The number of carbonyl (C=O) groups is 3. The highest BCUT2D eigenvalue weighted by atomic mass is 32.2. The Balaban J connectivity index is 1.32. The lowest BCUT2D eigenvalue weighted by Crippen LogP contribution is -2.70. The van der Waals surface area contributed by atoms with E-state index in [1.54, 1.807) is 17.0 Å². The lowest BCUT2D eigenvalue weighted by molar-refractivity contribution is -0.689. The average molecular weight is 574 g/mol. The molecule has 2 fully saturated rings. The number of β-lactam (4-membered cyclic amide) rings is 1. The molecule has 0 spiro atoms. The van der Waals surface area contributed by atoms with Crippen molar-refractivity contribution in [2.45, 2.75) is 49.7 Å². The van der Waals surface area contributed by atoms with Crippen molar-refractivity contribution >= 4 is 58.1 Å². The van der Waals surface area contributed by atoms with E-state index in [-0.39, 0.29) is 34.2 Å². The third kappa shape index (κ3) is 5.56. The van der Waals surface area contributed by atoms with Gasteiger partial charge >= 0.3 is 5.97 Å². The Hall–Kier alpha value is -4.05. The van der Waals surface area contributed by atoms with Crippen molar-refractivity contribution < 1.29 is 34.1 Å². The van der Waals surface area contributed by atoms with E-state index in [9.17, 15) is 19.6 Å². The van der Waals surface area contributed by atoms with Crippen LogP contribution in [0.25, 0.3) is 0 Å². The number of fused-ring (bicyclic) bond motifs is 1. The van der Waals surface area contributed by atoms with Crippen molar-refractivity contribution in [2.24, 2.45) is 10.3 Å². The Bertz CT molecular complexity index is 1370. The SMILES string of the molecule is Nc1nc(C(=NOC2CCCC2)C(=O)NC2C(=O)N3C(C=NO)=C(C[n+]4ccc(C(=O)O)cc4)CS[C@@H]23)ns1. The van der Waals surface area contributed by atoms with Crippen LogP contribution in [0.5, 0.6) is 0 Å². The Morgan fingerprint density at radius 2 is 2.05 bits per heavy atom. The number of nitrogens with two attached hydrogens (primary N) is 1. The zero-order valence-electron chi connectivity index (χ0n) is 20.5. The monoisotopic (exact) mass is 573 g/mol. The Kier molecular flexibility index (Phi) is 7.74. The molecule has 39 heavy (non-hydrogen) atoms. The molecule has 16 heteroatoms. The van der Waals surface area contributed by atoms with Crippen molar-refractivity contribution in [2.75, 3.05) is 11.5 Å². The van der Waals surface area contributed by atoms with Crippen molar-refractivity contribution in [3.05, 3.63) is 47.2 Å². The van der Waals surface area contributed by atoms with E-state index in [4.69, 9.17) is 15.7 Å². The van der Waals surface area contributed by atoms with Crippen LogP contribution in [0, 0.1) is 0 Å². The number of hydrogen-bond acceptors (Lipinski definition) is 12. The van der Waals surface area contributed by atoms with Gasteiger partial charge in [-0.1, -0.05) is 10.3 Å². The highest BCUT2D eigenvalue weighted by Gasteiger charge is 2.53. The summed E-state index contributed by atoms with van der Waals surface area (Å²) in [6.45, 7) is 0.341. The Morgan fingerprint density at radius 3 is 2.69 bits per heavy atom. The highest BCUT2D eigenvalue weighted by Crippen LogP contribution is 2.39. The molecule has 5 N–H and O–H groups in total. The number of amides is 2. The van der Waals surface area contributed by atoms with Gasteiger partial charge in [-0.15, -0.1) is 11.8 Å². The molecule has 0 aromatic carbocycles. The second kappa shape index (κ2) is 11.4. The summed E-state index contributed by atoms with van der Waals surface area (Å²) >= 11 is 2.36. The predicted molar refractivity (Wildman–Crippen MR) is 140 cm³/mol. The van der Waals surface area contributed by atoms with Gasteiger partial charge in [-0.05, 0) is 25.7 Å². The van der Waals surface area contributed by atoms with Crippen LogP contribution >= 0.6 is 23.3 Å². The molecule has 0 radical (unpaired) electrons. The molecule has 3 aliphatic rings. The van der Waals surface area contributed by atoms with Crippen LogP contribution in [0.15, 0.2) is 46.1 Å². The van der Waals surface area contributed by atoms with Crippen LogP contribution < -0.4 is 15.6 Å². The molecule has 2 aliphatic heterocycles. The molecular formula is C23H25N8O6S2+. The first-order chi connectivity index (χ1) is 18.9. The molecule has 14 nitrogen and oxygen atoms in total. The third-order valence-electron chi connectivity index (χ3n) is 6.54. The van der Waals surface area contributed by atoms with Gasteiger partial charge in [0.2, 0.25) is 11.5 Å². The number of pyridine rings is 1. The van der Waals surface area contributed by atoms with Gasteiger partial charge in [0.1, 0.15) is 17.5 Å². The zero-order valence-corrected chi connectivity index (χ0v) is 22.1. The summed E-state index contributed by atoms with van der Waals surface area (Å²) in [5.41, 5.74) is 6.90. The standard InChI is InChI=1S/C23H24N8O6S2/c24-23-27-18(29-39-23)16(28-37-14-3-1-2-4-14)19(32)26-17-20(33)31-15(9-25-36)13(11-38-21(17)31)10-30-7-5-12(6-8-30)22(34)35/h5-9,14,17,21H,1-4,10-11H2,(H4-,24,26,27,29,32,34,35,36)/p+1/t17?,21-/m0/s1. The van der Waals surface area contributed by atoms with Gasteiger partial charge in [0.15, 0.2) is 24.1 Å². The summed E-state index contributed by atoms with van der Waals surface area (Å²) in [6.07, 6.45) is 8.06. The number of oxime groups is 2. The van der Waals surface area contributed by atoms with Gasteiger partial charge in [-0.25, -0.2) is 9.36 Å². The van der Waals surface area contributed by atoms with E-state index in [0.717, 1.165) is 42.8 Å². The quantitative estimate of drug-likeness (QED) is 0.108. The molecule has 4 heterocycles. The minimum Gasteiger partial charge on any atom is -0.478 e. The van der Waals surface area contributed by atoms with Crippen molar-refractivity contribution in [1.82, 2.24) is 19.6 Å². The fourth-order valence-electron chi connectivity index (χ4n) is 4.56. The summed E-state index contributed by atoms with van der Waals surface area (Å²) < 4.78 is 5.84. The van der Waals surface area contributed by atoms with E-state index in [1.807, 2.05) is 0 Å². The van der Waals surface area contributed by atoms with E-state index in [2.05, 4.69) is 25.0 Å². The lowest BCUT2D eigenvalue weighted by Gasteiger charge is -2.49. The van der Waals surface area contributed by atoms with E-state index < -0.39 is 23.3 Å². The molecule has 2 aromatic rings. The highest BCUT2D eigenvalue weighted by molar-refractivity contribution is 8.00. The smallest absolute Gasteiger partial charge is 0.336 e. The number of nitrogens with zero attached hydrogens (tertiary/aromatic N) is 6. The van der Waals surface area contributed by atoms with Gasteiger partial charge in [0.25, 0.3) is 11.8 Å². The Morgan fingerprint density at radius 1 is 1.31 bits per heavy atom. The van der Waals surface area contributed by atoms with Crippen LogP contribution in [-0.2, 0) is 21.0 Å². The molecule has 2 amide bonds. The first-order valence-electron chi connectivity index (χ1n) is 12.1. The van der Waals surface area contributed by atoms with Gasteiger partial charge in [-0.2, -0.15) is 9.36 Å². The largest absolute Gasteiger partial charge is 0.478 e. The van der Waals surface area contributed by atoms with Crippen molar-refractivity contribution in [3.63, 3.8) is 0 Å². The summed E-state index contributed by atoms with van der Waals surface area (Å²) in [4.78, 5) is 48.6.